The number of aromatic hydroxyl groups is 1. The topological polar surface area (TPSA) is 97.8 Å². The number of nitrogens with zero attached hydrogens (tertiary/aromatic N) is 1. The van der Waals surface area contributed by atoms with Gasteiger partial charge in [0, 0.05) is 22.3 Å². The first-order valence-corrected chi connectivity index (χ1v) is 11.8. The number of methoxy groups -OCH3 is 1. The summed E-state index contributed by atoms with van der Waals surface area (Å²) in [4.78, 5) is 29.5. The highest BCUT2D eigenvalue weighted by atomic mass is 35.5. The van der Waals surface area contributed by atoms with Crippen molar-refractivity contribution in [1.29, 1.82) is 0 Å². The number of pyridine rings is 1. The van der Waals surface area contributed by atoms with Crippen LogP contribution in [0, 0.1) is 0 Å². The fourth-order valence-electron chi connectivity index (χ4n) is 4.37. The van der Waals surface area contributed by atoms with E-state index in [1.807, 2.05) is 48.5 Å². The number of halogens is 2. The van der Waals surface area contributed by atoms with Crippen LogP contribution in [0.4, 0.5) is 0 Å². The van der Waals surface area contributed by atoms with Gasteiger partial charge in [0.15, 0.2) is 17.2 Å². The van der Waals surface area contributed by atoms with Crippen molar-refractivity contribution in [1.82, 2.24) is 10.3 Å². The Hall–Kier alpha value is -3.29. The van der Waals surface area contributed by atoms with E-state index in [-0.39, 0.29) is 11.4 Å². The van der Waals surface area contributed by atoms with Crippen molar-refractivity contribution in [3.8, 4) is 11.5 Å². The van der Waals surface area contributed by atoms with Gasteiger partial charge in [0.05, 0.1) is 12.5 Å². The van der Waals surface area contributed by atoms with Gasteiger partial charge in [-0.25, -0.2) is 9.78 Å². The molecular formula is C26H24Cl2N2O5. The number of benzene rings is 2. The minimum Gasteiger partial charge on any atom is -0.503 e. The second kappa shape index (κ2) is 10.1. The lowest BCUT2D eigenvalue weighted by molar-refractivity contribution is -0.160. The third-order valence-corrected chi connectivity index (χ3v) is 6.85. The minimum absolute atomic E-state index is 0.102. The van der Waals surface area contributed by atoms with Gasteiger partial charge in [-0.15, -0.1) is 0 Å². The molecule has 0 bridgehead atoms. The van der Waals surface area contributed by atoms with E-state index in [4.69, 9.17) is 32.7 Å². The summed E-state index contributed by atoms with van der Waals surface area (Å²) in [6.07, 6.45) is 2.28. The van der Waals surface area contributed by atoms with Crippen LogP contribution in [0.3, 0.4) is 0 Å². The van der Waals surface area contributed by atoms with E-state index >= 15 is 0 Å². The quantitative estimate of drug-likeness (QED) is 0.434. The van der Waals surface area contributed by atoms with Crippen LogP contribution in [-0.4, -0.2) is 41.2 Å². The Bertz CT molecular complexity index is 1190. The Morgan fingerprint density at radius 2 is 1.63 bits per heavy atom. The summed E-state index contributed by atoms with van der Waals surface area (Å²) in [6.45, 7) is 1.52. The average molecular weight is 515 g/mol. The van der Waals surface area contributed by atoms with Crippen LogP contribution < -0.4 is 10.1 Å². The van der Waals surface area contributed by atoms with Crippen molar-refractivity contribution >= 4 is 35.1 Å². The maximum atomic E-state index is 13.0. The van der Waals surface area contributed by atoms with Crippen molar-refractivity contribution in [2.75, 3.05) is 7.11 Å². The summed E-state index contributed by atoms with van der Waals surface area (Å²) < 4.78 is 10.9. The monoisotopic (exact) mass is 514 g/mol. The molecule has 2 atom stereocenters. The predicted molar refractivity (Wildman–Crippen MR) is 132 cm³/mol. The van der Waals surface area contributed by atoms with Gasteiger partial charge in [-0.3, -0.25) is 4.79 Å². The number of carbonyl (C=O) groups is 2. The van der Waals surface area contributed by atoms with Gasteiger partial charge < -0.3 is 19.9 Å². The summed E-state index contributed by atoms with van der Waals surface area (Å²) >= 11 is 12.2. The van der Waals surface area contributed by atoms with Crippen LogP contribution in [0.25, 0.3) is 0 Å². The van der Waals surface area contributed by atoms with Crippen molar-refractivity contribution in [2.24, 2.45) is 0 Å². The van der Waals surface area contributed by atoms with Gasteiger partial charge >= 0.3 is 5.97 Å². The van der Waals surface area contributed by atoms with Crippen molar-refractivity contribution < 1.29 is 24.2 Å². The lowest BCUT2D eigenvalue weighted by atomic mass is 9.58. The second-order valence-electron chi connectivity index (χ2n) is 8.35. The molecule has 35 heavy (non-hydrogen) atoms. The van der Waals surface area contributed by atoms with Gasteiger partial charge in [-0.05, 0) is 55.2 Å². The highest BCUT2D eigenvalue weighted by Gasteiger charge is 2.52. The van der Waals surface area contributed by atoms with E-state index in [9.17, 15) is 14.7 Å². The molecule has 182 valence electrons. The molecule has 2 N–H and O–H groups in total. The highest BCUT2D eigenvalue weighted by Crippen LogP contribution is 2.51. The predicted octanol–water partition coefficient (Wildman–Crippen LogP) is 4.91. The average Bonchev–Trinajstić information content (AvgIpc) is 2.84. The van der Waals surface area contributed by atoms with Crippen molar-refractivity contribution in [3.63, 3.8) is 0 Å². The Labute approximate surface area is 213 Å². The van der Waals surface area contributed by atoms with Crippen molar-refractivity contribution in [2.45, 2.75) is 37.3 Å². The van der Waals surface area contributed by atoms with Crippen LogP contribution >= 0.6 is 23.2 Å². The number of hydrogen-bond donors (Lipinski definition) is 2. The summed E-state index contributed by atoms with van der Waals surface area (Å²) in [5, 5.41) is 13.9. The molecule has 1 unspecified atom stereocenters. The molecule has 1 fully saturated rings. The highest BCUT2D eigenvalue weighted by molar-refractivity contribution is 6.30. The van der Waals surface area contributed by atoms with Crippen LogP contribution in [0.1, 0.15) is 41.4 Å². The Kier molecular flexibility index (Phi) is 7.19. The molecular weight excluding hydrogens is 491 g/mol. The SMILES string of the molecule is COc1ccnc(C(=O)N[C@@H](C)C(=O)OC2CCC2(c2ccc(Cl)cc2)c2ccc(Cl)cc2)c1O. The number of nitrogens with one attached hydrogen (secondary N) is 1. The molecule has 3 aromatic rings. The number of aromatic nitrogens is 1. The fourth-order valence-corrected chi connectivity index (χ4v) is 4.62. The Balaban J connectivity index is 1.54. The first-order valence-electron chi connectivity index (χ1n) is 11.0. The van der Waals surface area contributed by atoms with Gasteiger partial charge in [0.2, 0.25) is 0 Å². The number of ether oxygens (including phenoxy) is 2. The summed E-state index contributed by atoms with van der Waals surface area (Å²) in [5.41, 5.74) is 1.12. The molecule has 0 saturated heterocycles. The lowest BCUT2D eigenvalue weighted by Crippen LogP contribution is -2.53. The number of amides is 1. The number of rotatable bonds is 7. The van der Waals surface area contributed by atoms with Gasteiger partial charge in [-0.2, -0.15) is 0 Å². The van der Waals surface area contributed by atoms with E-state index in [2.05, 4.69) is 10.3 Å². The van der Waals surface area contributed by atoms with Crippen LogP contribution in [0.5, 0.6) is 11.5 Å². The molecule has 1 aliphatic carbocycles. The van der Waals surface area contributed by atoms with E-state index in [0.29, 0.717) is 16.5 Å². The molecule has 0 spiro atoms. The Morgan fingerprint density at radius 1 is 1.06 bits per heavy atom. The fraction of sp³-hybridized carbons (Fsp3) is 0.269. The standard InChI is InChI=1S/C26H24Cl2N2O5/c1-15(30-24(32)22-23(31)20(34-2)12-14-29-22)25(33)35-21-11-13-26(21,16-3-7-18(27)8-4-16)17-5-9-19(28)10-6-17/h3-10,12,14-15,21,31H,11,13H2,1-2H3,(H,30,32)/t15-,21?/m0/s1. The van der Waals surface area contributed by atoms with E-state index in [1.54, 1.807) is 0 Å². The maximum absolute atomic E-state index is 13.0. The zero-order valence-corrected chi connectivity index (χ0v) is 20.6. The van der Waals surface area contributed by atoms with Gasteiger partial charge in [0.25, 0.3) is 5.91 Å². The molecule has 9 heteroatoms. The largest absolute Gasteiger partial charge is 0.503 e. The first-order chi connectivity index (χ1) is 16.8. The number of hydrogen-bond acceptors (Lipinski definition) is 6. The summed E-state index contributed by atoms with van der Waals surface area (Å²) in [5.74, 6) is -1.62. The van der Waals surface area contributed by atoms with E-state index < -0.39 is 35.2 Å². The molecule has 0 aliphatic heterocycles. The van der Waals surface area contributed by atoms with E-state index in [1.165, 1.54) is 26.3 Å². The zero-order chi connectivity index (χ0) is 25.2. The number of carbonyl (C=O) groups excluding carboxylic acids is 2. The van der Waals surface area contributed by atoms with Crippen LogP contribution in [0.2, 0.25) is 10.0 Å². The molecule has 1 amide bonds. The lowest BCUT2D eigenvalue weighted by Gasteiger charge is -2.49. The molecule has 1 heterocycles. The first kappa shape index (κ1) is 24.8. The van der Waals surface area contributed by atoms with Gasteiger partial charge in [-0.1, -0.05) is 47.5 Å². The van der Waals surface area contributed by atoms with Gasteiger partial charge in [0.1, 0.15) is 12.1 Å². The summed E-state index contributed by atoms with van der Waals surface area (Å²) in [6, 6.07) is 15.4. The number of esters is 1. The molecule has 1 aromatic heterocycles. The van der Waals surface area contributed by atoms with Crippen LogP contribution in [-0.2, 0) is 14.9 Å². The normalized spacial score (nSPS) is 17.1. The molecule has 7 nitrogen and oxygen atoms in total. The molecule has 0 radical (unpaired) electrons. The molecule has 1 saturated carbocycles. The minimum atomic E-state index is -0.983. The second-order valence-corrected chi connectivity index (χ2v) is 9.23. The maximum Gasteiger partial charge on any atom is 0.328 e. The third kappa shape index (κ3) is 4.79. The summed E-state index contributed by atoms with van der Waals surface area (Å²) in [7, 11) is 1.36. The van der Waals surface area contributed by atoms with Crippen LogP contribution in [0.15, 0.2) is 60.8 Å². The molecule has 1 aliphatic rings. The third-order valence-electron chi connectivity index (χ3n) is 6.35. The molecule has 4 rings (SSSR count). The zero-order valence-electron chi connectivity index (χ0n) is 19.1. The van der Waals surface area contributed by atoms with E-state index in [0.717, 1.165) is 17.5 Å². The molecule has 2 aromatic carbocycles. The van der Waals surface area contributed by atoms with Crippen molar-refractivity contribution in [3.05, 3.63) is 87.7 Å². The Morgan fingerprint density at radius 3 is 2.11 bits per heavy atom. The smallest absolute Gasteiger partial charge is 0.328 e.